The second kappa shape index (κ2) is 21.7. The monoisotopic (exact) mass is 774 g/mol. The standard InChI is InChI=1S/C42H71N5O8/c1-15-26(7)37(46(12)41(51)36(24(4)5)45-40(50)35(43-11)23(2)3)33(54-13)22-34(48)47-29(10)27(8)20-32(47)38(55-14)28(9)39(49)44-31(42(52)53)21-30-18-16-25(6)17-19-30/h16-19,23-24,26-29,31-33,35-38,43H,15,20-22H2,1-14H3,(H,44,49)(H,45,50)(H,52,53)/t26-,27?,28+,29?,31-,32-,33?,35-,36-,37?,38?/m0/s1. The van der Waals surface area contributed by atoms with E-state index in [9.17, 15) is 29.1 Å². The number of methoxy groups -OCH3 is 2. The Kier molecular flexibility index (Phi) is 18.8. The summed E-state index contributed by atoms with van der Waals surface area (Å²) in [5, 5.41) is 18.7. The van der Waals surface area contributed by atoms with Crippen molar-refractivity contribution in [1.82, 2.24) is 25.8 Å². The Labute approximate surface area is 330 Å². The minimum atomic E-state index is -1.14. The van der Waals surface area contributed by atoms with E-state index in [-0.39, 0.29) is 60.3 Å². The molecule has 13 heteroatoms. The first-order chi connectivity index (χ1) is 25.7. The summed E-state index contributed by atoms with van der Waals surface area (Å²) in [5.41, 5.74) is 1.84. The molecule has 1 fully saturated rings. The van der Waals surface area contributed by atoms with Gasteiger partial charge < -0.3 is 40.3 Å². The van der Waals surface area contributed by atoms with Gasteiger partial charge in [-0.3, -0.25) is 19.2 Å². The second-order valence-electron chi connectivity index (χ2n) is 16.4. The predicted molar refractivity (Wildman–Crippen MR) is 214 cm³/mol. The topological polar surface area (TPSA) is 167 Å². The van der Waals surface area contributed by atoms with Gasteiger partial charge in [-0.2, -0.15) is 0 Å². The summed E-state index contributed by atoms with van der Waals surface area (Å²) in [4.78, 5) is 71.3. The molecule has 55 heavy (non-hydrogen) atoms. The summed E-state index contributed by atoms with van der Waals surface area (Å²) < 4.78 is 12.0. The van der Waals surface area contributed by atoms with Crippen molar-refractivity contribution in [1.29, 1.82) is 0 Å². The summed E-state index contributed by atoms with van der Waals surface area (Å²) in [6.07, 6.45) is -0.00538. The summed E-state index contributed by atoms with van der Waals surface area (Å²) in [7, 11) is 6.48. The van der Waals surface area contributed by atoms with E-state index in [1.54, 1.807) is 37.9 Å². The molecular weight excluding hydrogens is 702 g/mol. The number of carboxylic acids is 1. The number of hydrogen-bond donors (Lipinski definition) is 4. The van der Waals surface area contributed by atoms with Gasteiger partial charge in [0.05, 0.1) is 42.7 Å². The first-order valence-electron chi connectivity index (χ1n) is 20.0. The molecule has 4 amide bonds. The Morgan fingerprint density at radius 1 is 0.909 bits per heavy atom. The van der Waals surface area contributed by atoms with Crippen molar-refractivity contribution in [2.24, 2.45) is 29.6 Å². The lowest BCUT2D eigenvalue weighted by Crippen LogP contribution is -2.60. The number of nitrogens with one attached hydrogen (secondary N) is 3. The lowest BCUT2D eigenvalue weighted by Gasteiger charge is -2.41. The number of carbonyl (C=O) groups excluding carboxylic acids is 4. The zero-order valence-electron chi connectivity index (χ0n) is 35.8. The van der Waals surface area contributed by atoms with Gasteiger partial charge in [0.25, 0.3) is 0 Å². The molecule has 0 bridgehead atoms. The highest BCUT2D eigenvalue weighted by molar-refractivity contribution is 5.90. The normalized spacial score (nSPS) is 21.6. The number of ether oxygens (including phenoxy) is 2. The van der Waals surface area contributed by atoms with Gasteiger partial charge in [0.2, 0.25) is 23.6 Å². The molecule has 13 nitrogen and oxygen atoms in total. The fraction of sp³-hybridized carbons (Fsp3) is 0.738. The molecule has 312 valence electrons. The van der Waals surface area contributed by atoms with Crippen LogP contribution >= 0.6 is 0 Å². The van der Waals surface area contributed by atoms with E-state index in [2.05, 4.69) is 22.9 Å². The number of nitrogens with zero attached hydrogens (tertiary/aromatic N) is 2. The van der Waals surface area contributed by atoms with Crippen molar-refractivity contribution >= 4 is 29.6 Å². The molecule has 1 aromatic carbocycles. The van der Waals surface area contributed by atoms with Crippen molar-refractivity contribution in [2.45, 2.75) is 143 Å². The number of carboxylic acid groups (broad SMARTS) is 1. The van der Waals surface area contributed by atoms with Gasteiger partial charge in [-0.1, -0.05) is 91.6 Å². The molecule has 11 atom stereocenters. The highest BCUT2D eigenvalue weighted by Gasteiger charge is 2.47. The molecule has 0 saturated carbocycles. The summed E-state index contributed by atoms with van der Waals surface area (Å²) >= 11 is 0. The van der Waals surface area contributed by atoms with Gasteiger partial charge in [-0.05, 0) is 56.6 Å². The number of benzene rings is 1. The molecule has 1 aliphatic rings. The summed E-state index contributed by atoms with van der Waals surface area (Å²) in [5.74, 6) is -3.24. The number of rotatable bonds is 21. The zero-order valence-corrected chi connectivity index (χ0v) is 35.8. The van der Waals surface area contributed by atoms with Crippen LogP contribution in [0.2, 0.25) is 0 Å². The van der Waals surface area contributed by atoms with Crippen LogP contribution in [0.25, 0.3) is 0 Å². The molecule has 1 aromatic rings. The summed E-state index contributed by atoms with van der Waals surface area (Å²) in [6.45, 7) is 19.4. The van der Waals surface area contributed by atoms with Crippen LogP contribution in [0.5, 0.6) is 0 Å². The molecular formula is C42H71N5O8. The Balaban J connectivity index is 2.36. The molecule has 2 rings (SSSR count). The van der Waals surface area contributed by atoms with E-state index in [4.69, 9.17) is 9.47 Å². The smallest absolute Gasteiger partial charge is 0.326 e. The molecule has 0 spiro atoms. The average Bonchev–Trinajstić information content (AvgIpc) is 3.42. The average molecular weight is 774 g/mol. The van der Waals surface area contributed by atoms with Gasteiger partial charge >= 0.3 is 5.97 Å². The first kappa shape index (κ1) is 47.6. The van der Waals surface area contributed by atoms with Crippen LogP contribution in [-0.2, 0) is 39.9 Å². The Bertz CT molecular complexity index is 1420. The van der Waals surface area contributed by atoms with Crippen LogP contribution in [0.15, 0.2) is 24.3 Å². The molecule has 0 radical (unpaired) electrons. The van der Waals surface area contributed by atoms with Gasteiger partial charge in [-0.25, -0.2) is 4.79 Å². The SMILES string of the molecule is CC[C@H](C)C(C(CC(=O)N1C(C)C(C)C[C@H]1C(OC)[C@@H](C)C(=O)N[C@@H](Cc1ccc(C)cc1)C(=O)O)OC)N(C)C(=O)[C@@H](NC(=O)[C@@H](NC)C(C)C)C(C)C. The maximum atomic E-state index is 14.5. The number of hydrogen-bond acceptors (Lipinski definition) is 8. The Hall–Kier alpha value is -3.55. The van der Waals surface area contributed by atoms with Gasteiger partial charge in [-0.15, -0.1) is 0 Å². The fourth-order valence-corrected chi connectivity index (χ4v) is 8.03. The van der Waals surface area contributed by atoms with Crippen molar-refractivity contribution in [3.05, 3.63) is 35.4 Å². The van der Waals surface area contributed by atoms with Crippen LogP contribution in [0.3, 0.4) is 0 Å². The molecule has 0 aliphatic carbocycles. The zero-order chi connectivity index (χ0) is 41.9. The predicted octanol–water partition coefficient (Wildman–Crippen LogP) is 4.05. The highest BCUT2D eigenvalue weighted by Crippen LogP contribution is 2.36. The summed E-state index contributed by atoms with van der Waals surface area (Å²) in [6, 6.07) is 3.97. The Morgan fingerprint density at radius 3 is 1.96 bits per heavy atom. The fourth-order valence-electron chi connectivity index (χ4n) is 8.03. The third-order valence-electron chi connectivity index (χ3n) is 11.8. The van der Waals surface area contributed by atoms with E-state index in [1.807, 2.05) is 79.7 Å². The number of aryl methyl sites for hydroxylation is 1. The third-order valence-corrected chi connectivity index (χ3v) is 11.8. The van der Waals surface area contributed by atoms with E-state index < -0.39 is 60.2 Å². The minimum Gasteiger partial charge on any atom is -0.480 e. The molecule has 1 aliphatic heterocycles. The minimum absolute atomic E-state index is 0.0164. The molecule has 4 N–H and O–H groups in total. The van der Waals surface area contributed by atoms with E-state index in [0.29, 0.717) is 12.8 Å². The van der Waals surface area contributed by atoms with Crippen LogP contribution in [0, 0.1) is 36.5 Å². The number of aliphatic carboxylic acids is 1. The van der Waals surface area contributed by atoms with Crippen LogP contribution in [0.4, 0.5) is 0 Å². The number of likely N-dealkylation sites (N-methyl/N-ethyl adjacent to an activating group) is 2. The van der Waals surface area contributed by atoms with E-state index >= 15 is 0 Å². The lowest BCUT2D eigenvalue weighted by atomic mass is 9.89. The van der Waals surface area contributed by atoms with Gasteiger partial charge in [0.15, 0.2) is 0 Å². The molecule has 5 unspecified atom stereocenters. The third kappa shape index (κ3) is 12.2. The van der Waals surface area contributed by atoms with Gasteiger partial charge in [0, 0.05) is 33.7 Å². The first-order valence-corrected chi connectivity index (χ1v) is 20.0. The maximum Gasteiger partial charge on any atom is 0.326 e. The number of likely N-dealkylation sites (tertiary alicyclic amines) is 1. The van der Waals surface area contributed by atoms with Crippen LogP contribution in [-0.4, -0.2) is 121 Å². The second-order valence-corrected chi connectivity index (χ2v) is 16.4. The molecule has 1 heterocycles. The highest BCUT2D eigenvalue weighted by atomic mass is 16.5. The Morgan fingerprint density at radius 2 is 1.49 bits per heavy atom. The largest absolute Gasteiger partial charge is 0.480 e. The lowest BCUT2D eigenvalue weighted by molar-refractivity contribution is -0.149. The van der Waals surface area contributed by atoms with Crippen molar-refractivity contribution in [3.8, 4) is 0 Å². The van der Waals surface area contributed by atoms with Crippen LogP contribution in [0.1, 0.15) is 92.7 Å². The van der Waals surface area contributed by atoms with Crippen LogP contribution < -0.4 is 16.0 Å². The van der Waals surface area contributed by atoms with E-state index in [1.165, 1.54) is 7.11 Å². The molecule has 0 aromatic heterocycles. The van der Waals surface area contributed by atoms with Crippen molar-refractivity contribution in [2.75, 3.05) is 28.3 Å². The van der Waals surface area contributed by atoms with Gasteiger partial charge in [0.1, 0.15) is 12.1 Å². The number of amides is 4. The van der Waals surface area contributed by atoms with E-state index in [0.717, 1.165) is 11.1 Å². The molecule has 1 saturated heterocycles. The van der Waals surface area contributed by atoms with Crippen molar-refractivity contribution < 1.29 is 38.6 Å². The maximum absolute atomic E-state index is 14.5. The van der Waals surface area contributed by atoms with Crippen molar-refractivity contribution in [3.63, 3.8) is 0 Å². The quantitative estimate of drug-likeness (QED) is 0.144. The number of carbonyl (C=O) groups is 5.